The van der Waals surface area contributed by atoms with Gasteiger partial charge in [-0.3, -0.25) is 4.79 Å². The van der Waals surface area contributed by atoms with Gasteiger partial charge in [0.1, 0.15) is 0 Å². The summed E-state index contributed by atoms with van der Waals surface area (Å²) in [5, 5.41) is 6.83. The van der Waals surface area contributed by atoms with Crippen molar-refractivity contribution in [3.8, 4) is 0 Å². The van der Waals surface area contributed by atoms with Crippen LogP contribution in [0.15, 0.2) is 29.3 Å². The summed E-state index contributed by atoms with van der Waals surface area (Å²) in [6, 6.07) is 7.62. The maximum atomic E-state index is 11.1. The molecule has 4 N–H and O–H groups in total. The van der Waals surface area contributed by atoms with Gasteiger partial charge in [0.2, 0.25) is 5.91 Å². The summed E-state index contributed by atoms with van der Waals surface area (Å²) in [7, 11) is 0. The largest absolute Gasteiger partial charge is 0.366 e. The van der Waals surface area contributed by atoms with Gasteiger partial charge in [-0.15, -0.1) is 0 Å². The molecule has 1 aliphatic rings. The van der Waals surface area contributed by atoms with Crippen LogP contribution < -0.4 is 16.4 Å². The van der Waals surface area contributed by atoms with E-state index in [9.17, 15) is 4.79 Å². The molecule has 1 amide bonds. The Morgan fingerprint density at radius 1 is 1.26 bits per heavy atom. The first-order chi connectivity index (χ1) is 11.0. The van der Waals surface area contributed by atoms with E-state index in [-0.39, 0.29) is 0 Å². The number of aliphatic imine (C=N–C) groups is 1. The minimum atomic E-state index is -0.402. The van der Waals surface area contributed by atoms with Crippen LogP contribution in [0.5, 0.6) is 0 Å². The summed E-state index contributed by atoms with van der Waals surface area (Å²) in [4.78, 5) is 15.7. The number of benzene rings is 1. The lowest BCUT2D eigenvalue weighted by molar-refractivity contribution is 0.100. The van der Waals surface area contributed by atoms with Crippen LogP contribution in [0.3, 0.4) is 0 Å². The number of hydrogen-bond acceptors (Lipinski definition) is 2. The number of carbonyl (C=O) groups excluding carboxylic acids is 1. The van der Waals surface area contributed by atoms with Gasteiger partial charge in [0, 0.05) is 18.2 Å². The van der Waals surface area contributed by atoms with Crippen LogP contribution in [-0.4, -0.2) is 24.5 Å². The number of carbonyl (C=O) groups is 1. The number of nitrogens with two attached hydrogens (primary N) is 1. The summed E-state index contributed by atoms with van der Waals surface area (Å²) in [6.45, 7) is 5.77. The molecule has 1 fully saturated rings. The van der Waals surface area contributed by atoms with Gasteiger partial charge in [0.25, 0.3) is 0 Å². The Kier molecular flexibility index (Phi) is 6.44. The summed E-state index contributed by atoms with van der Waals surface area (Å²) in [6.07, 6.45) is 5.33. The van der Waals surface area contributed by atoms with Crippen LogP contribution >= 0.6 is 0 Å². The molecule has 0 aliphatic heterocycles. The zero-order valence-electron chi connectivity index (χ0n) is 14.1. The number of rotatable bonds is 6. The summed E-state index contributed by atoms with van der Waals surface area (Å²) >= 11 is 0. The molecule has 0 unspecified atom stereocenters. The Hall–Kier alpha value is -2.04. The average Bonchev–Trinajstić information content (AvgIpc) is 3.03. The third-order valence-corrected chi connectivity index (χ3v) is 4.12. The quantitative estimate of drug-likeness (QED) is 0.557. The van der Waals surface area contributed by atoms with E-state index in [0.717, 1.165) is 24.0 Å². The van der Waals surface area contributed by atoms with E-state index in [1.54, 1.807) is 12.1 Å². The first kappa shape index (κ1) is 17.3. The van der Waals surface area contributed by atoms with E-state index in [1.807, 2.05) is 12.1 Å². The molecular formula is C18H28N4O. The van der Waals surface area contributed by atoms with E-state index < -0.39 is 5.91 Å². The molecule has 2 rings (SSSR count). The highest BCUT2D eigenvalue weighted by Gasteiger charge is 2.15. The second kappa shape index (κ2) is 8.56. The molecule has 0 aromatic heterocycles. The lowest BCUT2D eigenvalue weighted by atomic mass is 10.1. The second-order valence-corrected chi connectivity index (χ2v) is 6.56. The highest BCUT2D eigenvalue weighted by molar-refractivity contribution is 5.92. The van der Waals surface area contributed by atoms with Crippen molar-refractivity contribution < 1.29 is 4.79 Å². The van der Waals surface area contributed by atoms with E-state index in [2.05, 4.69) is 29.5 Å². The predicted octanol–water partition coefficient (Wildman–Crippen LogP) is 2.42. The van der Waals surface area contributed by atoms with Crippen molar-refractivity contribution in [2.24, 2.45) is 16.6 Å². The number of guanidine groups is 1. The Morgan fingerprint density at radius 2 is 1.91 bits per heavy atom. The van der Waals surface area contributed by atoms with E-state index in [0.29, 0.717) is 18.2 Å². The van der Waals surface area contributed by atoms with E-state index in [4.69, 9.17) is 5.73 Å². The van der Waals surface area contributed by atoms with Gasteiger partial charge in [-0.05, 0) is 50.3 Å². The van der Waals surface area contributed by atoms with E-state index >= 15 is 0 Å². The van der Waals surface area contributed by atoms with Crippen molar-refractivity contribution in [3.63, 3.8) is 0 Å². The van der Waals surface area contributed by atoms with Gasteiger partial charge < -0.3 is 16.4 Å². The molecule has 0 bridgehead atoms. The van der Waals surface area contributed by atoms with Gasteiger partial charge in [0.15, 0.2) is 5.96 Å². The molecule has 1 aliphatic carbocycles. The van der Waals surface area contributed by atoms with Crippen LogP contribution in [0.1, 0.15) is 55.5 Å². The maximum absolute atomic E-state index is 11.1. The molecule has 0 heterocycles. The zero-order chi connectivity index (χ0) is 16.7. The van der Waals surface area contributed by atoms with Gasteiger partial charge in [-0.2, -0.15) is 0 Å². The van der Waals surface area contributed by atoms with Crippen molar-refractivity contribution >= 4 is 11.9 Å². The number of nitrogens with zero attached hydrogens (tertiary/aromatic N) is 1. The smallest absolute Gasteiger partial charge is 0.248 e. The van der Waals surface area contributed by atoms with Crippen molar-refractivity contribution in [2.45, 2.75) is 52.1 Å². The van der Waals surface area contributed by atoms with Crippen molar-refractivity contribution in [1.29, 1.82) is 0 Å². The lowest BCUT2D eigenvalue weighted by Gasteiger charge is -2.17. The molecule has 5 nitrogen and oxygen atoms in total. The summed E-state index contributed by atoms with van der Waals surface area (Å²) in [5.74, 6) is 1.22. The fraction of sp³-hybridized carbons (Fsp3) is 0.556. The lowest BCUT2D eigenvalue weighted by Crippen LogP contribution is -2.42. The van der Waals surface area contributed by atoms with E-state index in [1.165, 1.54) is 25.7 Å². The molecule has 1 aromatic rings. The fourth-order valence-corrected chi connectivity index (χ4v) is 2.83. The van der Waals surface area contributed by atoms with Crippen LogP contribution in [0.4, 0.5) is 0 Å². The van der Waals surface area contributed by atoms with Crippen LogP contribution in [0.2, 0.25) is 0 Å². The molecule has 0 atom stereocenters. The summed E-state index contributed by atoms with van der Waals surface area (Å²) in [5.41, 5.74) is 6.84. The Morgan fingerprint density at radius 3 is 2.48 bits per heavy atom. The number of hydrogen-bond donors (Lipinski definition) is 3. The third-order valence-electron chi connectivity index (χ3n) is 4.12. The minimum Gasteiger partial charge on any atom is -0.366 e. The highest BCUT2D eigenvalue weighted by atomic mass is 16.1. The van der Waals surface area contributed by atoms with Crippen LogP contribution in [-0.2, 0) is 6.54 Å². The molecule has 0 spiro atoms. The normalized spacial score (nSPS) is 15.9. The molecule has 1 aromatic carbocycles. The van der Waals surface area contributed by atoms with Gasteiger partial charge >= 0.3 is 0 Å². The van der Waals surface area contributed by atoms with Crippen LogP contribution in [0, 0.1) is 5.92 Å². The van der Waals surface area contributed by atoms with Crippen molar-refractivity contribution in [1.82, 2.24) is 10.6 Å². The highest BCUT2D eigenvalue weighted by Crippen LogP contribution is 2.23. The molecular weight excluding hydrogens is 288 g/mol. The number of primary amides is 1. The van der Waals surface area contributed by atoms with Crippen molar-refractivity contribution in [3.05, 3.63) is 35.4 Å². The molecule has 0 saturated heterocycles. The topological polar surface area (TPSA) is 79.5 Å². The Bertz CT molecular complexity index is 530. The van der Waals surface area contributed by atoms with Gasteiger partial charge in [-0.25, -0.2) is 4.99 Å². The Balaban J connectivity index is 1.93. The molecule has 0 radical (unpaired) electrons. The maximum Gasteiger partial charge on any atom is 0.248 e. The van der Waals surface area contributed by atoms with Crippen LogP contribution in [0.25, 0.3) is 0 Å². The van der Waals surface area contributed by atoms with Gasteiger partial charge in [-0.1, -0.05) is 25.0 Å². The first-order valence-corrected chi connectivity index (χ1v) is 8.48. The molecule has 1 saturated carbocycles. The standard InChI is InChI=1S/C18H28N4O/c1-13(2)22-18(20-11-14-5-3-4-6-14)21-12-15-7-9-16(10-8-15)17(19)23/h7-10,13-14H,3-6,11-12H2,1-2H3,(H2,19,23)(H2,20,21,22). The van der Waals surface area contributed by atoms with Crippen molar-refractivity contribution in [2.75, 3.05) is 6.54 Å². The third kappa shape index (κ3) is 5.93. The molecule has 126 valence electrons. The second-order valence-electron chi connectivity index (χ2n) is 6.56. The number of amides is 1. The average molecular weight is 316 g/mol. The predicted molar refractivity (Wildman–Crippen MR) is 94.3 cm³/mol. The Labute approximate surface area is 138 Å². The zero-order valence-corrected chi connectivity index (χ0v) is 14.1. The molecule has 23 heavy (non-hydrogen) atoms. The molecule has 5 heteroatoms. The fourth-order valence-electron chi connectivity index (χ4n) is 2.83. The monoisotopic (exact) mass is 316 g/mol. The first-order valence-electron chi connectivity index (χ1n) is 8.48. The SMILES string of the molecule is CC(C)NC(=NCc1ccc(C(N)=O)cc1)NCC1CCCC1. The van der Waals surface area contributed by atoms with Gasteiger partial charge in [0.05, 0.1) is 6.54 Å². The minimum absolute atomic E-state index is 0.335. The number of nitrogens with one attached hydrogen (secondary N) is 2. The summed E-state index contributed by atoms with van der Waals surface area (Å²) < 4.78 is 0.